The molecule has 0 aliphatic carbocycles. The van der Waals surface area contributed by atoms with Crippen molar-refractivity contribution in [3.8, 4) is 0 Å². The van der Waals surface area contributed by atoms with Gasteiger partial charge in [0.15, 0.2) is 0 Å². The molecule has 0 aliphatic rings. The van der Waals surface area contributed by atoms with Crippen LogP contribution in [0.3, 0.4) is 0 Å². The lowest BCUT2D eigenvalue weighted by molar-refractivity contribution is 0.556. The van der Waals surface area contributed by atoms with Crippen molar-refractivity contribution in [3.05, 3.63) is 53.2 Å². The molecule has 1 N–H and O–H groups in total. The molecule has 2 heterocycles. The fourth-order valence-electron chi connectivity index (χ4n) is 2.18. The minimum Gasteiger partial charge on any atom is -0.311 e. The molecule has 0 fully saturated rings. The van der Waals surface area contributed by atoms with Crippen molar-refractivity contribution < 1.29 is 0 Å². The van der Waals surface area contributed by atoms with Crippen LogP contribution in [0.15, 0.2) is 42.0 Å². The van der Waals surface area contributed by atoms with Gasteiger partial charge in [0.2, 0.25) is 0 Å². The molecule has 0 saturated carbocycles. The normalized spacial score (nSPS) is 11.2. The Hall–Kier alpha value is -1.65. The van der Waals surface area contributed by atoms with Crippen LogP contribution < -0.4 is 5.32 Å². The molecule has 0 spiro atoms. The molecule has 1 aromatic carbocycles. The van der Waals surface area contributed by atoms with Crippen molar-refractivity contribution in [2.75, 3.05) is 6.54 Å². The Morgan fingerprint density at radius 1 is 1.32 bits per heavy atom. The summed E-state index contributed by atoms with van der Waals surface area (Å²) in [4.78, 5) is 0. The van der Waals surface area contributed by atoms with E-state index in [1.165, 1.54) is 21.2 Å². The Labute approximate surface area is 116 Å². The molecule has 0 saturated heterocycles. The fraction of sp³-hybridized carbons (Fsp3) is 0.267. The van der Waals surface area contributed by atoms with E-state index in [2.05, 4.69) is 53.2 Å². The highest BCUT2D eigenvalue weighted by atomic mass is 32.1. The lowest BCUT2D eigenvalue weighted by Crippen LogP contribution is -2.19. The second-order valence-corrected chi connectivity index (χ2v) is 5.63. The molecule has 3 rings (SSSR count). The molecule has 19 heavy (non-hydrogen) atoms. The third-order valence-electron chi connectivity index (χ3n) is 3.16. The van der Waals surface area contributed by atoms with E-state index in [9.17, 15) is 0 Å². The molecule has 4 heteroatoms. The van der Waals surface area contributed by atoms with Gasteiger partial charge in [-0.2, -0.15) is 5.10 Å². The summed E-state index contributed by atoms with van der Waals surface area (Å²) in [6.45, 7) is 4.83. The monoisotopic (exact) mass is 271 g/mol. The van der Waals surface area contributed by atoms with Crippen molar-refractivity contribution in [2.45, 2.75) is 20.0 Å². The third kappa shape index (κ3) is 2.85. The van der Waals surface area contributed by atoms with Gasteiger partial charge in [-0.05, 0) is 34.9 Å². The second-order valence-electron chi connectivity index (χ2n) is 4.71. The maximum Gasteiger partial charge on any atom is 0.0534 e. The predicted molar refractivity (Wildman–Crippen MR) is 80.5 cm³/mol. The van der Waals surface area contributed by atoms with Crippen molar-refractivity contribution in [1.29, 1.82) is 0 Å². The topological polar surface area (TPSA) is 29.9 Å². The molecular formula is C15H17N3S. The lowest BCUT2D eigenvalue weighted by atomic mass is 10.2. The van der Waals surface area contributed by atoms with E-state index in [-0.39, 0.29) is 0 Å². The number of rotatable bonds is 5. The molecule has 0 aliphatic heterocycles. The van der Waals surface area contributed by atoms with Crippen LogP contribution in [0.2, 0.25) is 0 Å². The number of aryl methyl sites for hydroxylation is 1. The van der Waals surface area contributed by atoms with E-state index in [0.717, 1.165) is 19.6 Å². The van der Waals surface area contributed by atoms with Gasteiger partial charge >= 0.3 is 0 Å². The molecule has 2 aromatic heterocycles. The number of thiophene rings is 1. The molecule has 0 atom stereocenters. The summed E-state index contributed by atoms with van der Waals surface area (Å²) in [6, 6.07) is 8.57. The van der Waals surface area contributed by atoms with Crippen molar-refractivity contribution in [3.63, 3.8) is 0 Å². The zero-order valence-electron chi connectivity index (χ0n) is 11.0. The van der Waals surface area contributed by atoms with Gasteiger partial charge in [0, 0.05) is 24.0 Å². The average molecular weight is 271 g/mol. The number of fused-ring (bicyclic) bond motifs is 1. The van der Waals surface area contributed by atoms with Crippen LogP contribution in [-0.2, 0) is 13.1 Å². The van der Waals surface area contributed by atoms with Crippen molar-refractivity contribution in [2.24, 2.45) is 0 Å². The summed E-state index contributed by atoms with van der Waals surface area (Å²) < 4.78 is 3.34. The Morgan fingerprint density at radius 3 is 3.05 bits per heavy atom. The van der Waals surface area contributed by atoms with Gasteiger partial charge in [0.25, 0.3) is 0 Å². The average Bonchev–Trinajstić information content (AvgIpc) is 3.02. The van der Waals surface area contributed by atoms with E-state index in [1.807, 2.05) is 22.2 Å². The van der Waals surface area contributed by atoms with Gasteiger partial charge in [-0.15, -0.1) is 11.3 Å². The van der Waals surface area contributed by atoms with E-state index >= 15 is 0 Å². The lowest BCUT2D eigenvalue weighted by Gasteiger charge is -2.04. The van der Waals surface area contributed by atoms with Gasteiger partial charge in [-0.1, -0.05) is 18.2 Å². The first-order valence-corrected chi connectivity index (χ1v) is 7.36. The summed E-state index contributed by atoms with van der Waals surface area (Å²) in [5, 5.41) is 11.4. The number of hydrogen-bond acceptors (Lipinski definition) is 3. The third-order valence-corrected chi connectivity index (χ3v) is 4.17. The SMILES string of the molecule is Cc1cnn(CCNCc2csc3ccccc23)c1. The van der Waals surface area contributed by atoms with Crippen LogP contribution in [0.5, 0.6) is 0 Å². The van der Waals surface area contributed by atoms with E-state index in [4.69, 9.17) is 0 Å². The quantitative estimate of drug-likeness (QED) is 0.722. The van der Waals surface area contributed by atoms with Crippen molar-refractivity contribution in [1.82, 2.24) is 15.1 Å². The molecule has 3 aromatic rings. The number of benzene rings is 1. The summed E-state index contributed by atoms with van der Waals surface area (Å²) in [5.74, 6) is 0. The molecule has 0 amide bonds. The molecule has 0 bridgehead atoms. The summed E-state index contributed by atoms with van der Waals surface area (Å²) in [6.07, 6.45) is 3.97. The molecule has 98 valence electrons. The molecule has 0 unspecified atom stereocenters. The van der Waals surface area contributed by atoms with Crippen LogP contribution >= 0.6 is 11.3 Å². The zero-order valence-corrected chi connectivity index (χ0v) is 11.8. The highest BCUT2D eigenvalue weighted by Gasteiger charge is 2.02. The zero-order chi connectivity index (χ0) is 13.1. The van der Waals surface area contributed by atoms with E-state index in [1.54, 1.807) is 0 Å². The smallest absolute Gasteiger partial charge is 0.0534 e. The van der Waals surface area contributed by atoms with Crippen LogP contribution in [0, 0.1) is 6.92 Å². The molecule has 3 nitrogen and oxygen atoms in total. The fourth-order valence-corrected chi connectivity index (χ4v) is 3.14. The van der Waals surface area contributed by atoms with E-state index in [0.29, 0.717) is 0 Å². The maximum atomic E-state index is 4.28. The van der Waals surface area contributed by atoms with Gasteiger partial charge in [0.1, 0.15) is 0 Å². The first-order valence-electron chi connectivity index (χ1n) is 6.48. The highest BCUT2D eigenvalue weighted by Crippen LogP contribution is 2.25. The van der Waals surface area contributed by atoms with Crippen LogP contribution in [0.4, 0.5) is 0 Å². The van der Waals surface area contributed by atoms with Gasteiger partial charge < -0.3 is 5.32 Å². The number of nitrogens with zero attached hydrogens (tertiary/aromatic N) is 2. The summed E-state index contributed by atoms with van der Waals surface area (Å²) >= 11 is 1.81. The first-order chi connectivity index (χ1) is 9.33. The number of aromatic nitrogens is 2. The number of hydrogen-bond donors (Lipinski definition) is 1. The van der Waals surface area contributed by atoms with Crippen LogP contribution in [0.25, 0.3) is 10.1 Å². The van der Waals surface area contributed by atoms with Crippen LogP contribution in [-0.4, -0.2) is 16.3 Å². The Balaban J connectivity index is 1.55. The molecule has 0 radical (unpaired) electrons. The van der Waals surface area contributed by atoms with Crippen LogP contribution in [0.1, 0.15) is 11.1 Å². The van der Waals surface area contributed by atoms with Gasteiger partial charge in [-0.25, -0.2) is 0 Å². The summed E-state index contributed by atoms with van der Waals surface area (Å²) in [7, 11) is 0. The number of nitrogens with one attached hydrogen (secondary N) is 1. The Morgan fingerprint density at radius 2 is 2.21 bits per heavy atom. The van der Waals surface area contributed by atoms with E-state index < -0.39 is 0 Å². The Kier molecular flexibility index (Phi) is 3.62. The highest BCUT2D eigenvalue weighted by molar-refractivity contribution is 7.17. The second kappa shape index (κ2) is 5.55. The minimum absolute atomic E-state index is 0.913. The van der Waals surface area contributed by atoms with Gasteiger partial charge in [0.05, 0.1) is 12.7 Å². The summed E-state index contributed by atoms with van der Waals surface area (Å²) in [5.41, 5.74) is 2.60. The Bertz CT molecular complexity index is 669. The maximum absolute atomic E-state index is 4.28. The van der Waals surface area contributed by atoms with Crippen molar-refractivity contribution >= 4 is 21.4 Å². The first kappa shape index (κ1) is 12.4. The minimum atomic E-state index is 0.913. The largest absolute Gasteiger partial charge is 0.311 e. The van der Waals surface area contributed by atoms with Gasteiger partial charge in [-0.3, -0.25) is 4.68 Å². The standard InChI is InChI=1S/C15H17N3S/c1-12-8-17-18(10-12)7-6-16-9-13-11-19-15-5-3-2-4-14(13)15/h2-5,8,10-11,16H,6-7,9H2,1H3. The molecular weight excluding hydrogens is 254 g/mol. The predicted octanol–water partition coefficient (Wildman–Crippen LogP) is 3.20.